The molecule has 31 heavy (non-hydrogen) atoms. The third-order valence-corrected chi connectivity index (χ3v) is 4.73. The van der Waals surface area contributed by atoms with Crippen LogP contribution in [-0.2, 0) is 4.79 Å². The second-order valence-corrected chi connectivity index (χ2v) is 6.98. The van der Waals surface area contributed by atoms with Gasteiger partial charge in [0.1, 0.15) is 5.69 Å². The fraction of sp³-hybridized carbons (Fsp3) is 0.130. The van der Waals surface area contributed by atoms with Gasteiger partial charge in [-0.15, -0.1) is 0 Å². The number of nitrogens with one attached hydrogen (secondary N) is 3. The van der Waals surface area contributed by atoms with Gasteiger partial charge < -0.3 is 16.0 Å². The lowest BCUT2D eigenvalue weighted by molar-refractivity contribution is -0.384. The summed E-state index contributed by atoms with van der Waals surface area (Å²) in [7, 11) is 0. The molecule has 3 aromatic carbocycles. The summed E-state index contributed by atoms with van der Waals surface area (Å²) >= 11 is 0. The average molecular weight is 418 g/mol. The van der Waals surface area contributed by atoms with Crippen molar-refractivity contribution in [1.29, 1.82) is 0 Å². The number of hydrogen-bond donors (Lipinski definition) is 3. The lowest BCUT2D eigenvalue weighted by atomic mass is 10.1. The first-order valence-electron chi connectivity index (χ1n) is 9.60. The number of aryl methyl sites for hydroxylation is 2. The third kappa shape index (κ3) is 5.45. The van der Waals surface area contributed by atoms with Crippen LogP contribution in [-0.4, -0.2) is 23.3 Å². The molecule has 8 nitrogen and oxygen atoms in total. The van der Waals surface area contributed by atoms with Crippen LogP contribution in [0.25, 0.3) is 0 Å². The van der Waals surface area contributed by atoms with E-state index in [9.17, 15) is 19.7 Å². The lowest BCUT2D eigenvalue weighted by Gasteiger charge is -2.13. The molecule has 158 valence electrons. The number of nitro groups is 1. The average Bonchev–Trinajstić information content (AvgIpc) is 2.75. The smallest absolute Gasteiger partial charge is 0.293 e. The molecule has 0 aliphatic rings. The fourth-order valence-corrected chi connectivity index (χ4v) is 2.98. The summed E-state index contributed by atoms with van der Waals surface area (Å²) in [5, 5.41) is 19.6. The van der Waals surface area contributed by atoms with Gasteiger partial charge in [0.2, 0.25) is 5.91 Å². The van der Waals surface area contributed by atoms with Gasteiger partial charge in [-0.3, -0.25) is 19.7 Å². The predicted octanol–water partition coefficient (Wildman–Crippen LogP) is 4.51. The summed E-state index contributed by atoms with van der Waals surface area (Å²) in [4.78, 5) is 35.8. The van der Waals surface area contributed by atoms with Crippen molar-refractivity contribution < 1.29 is 14.5 Å². The number of benzene rings is 3. The molecule has 2 amide bonds. The molecule has 0 bridgehead atoms. The highest BCUT2D eigenvalue weighted by atomic mass is 16.6. The second kappa shape index (κ2) is 9.53. The van der Waals surface area contributed by atoms with E-state index in [1.54, 1.807) is 49.4 Å². The molecule has 3 rings (SSSR count). The zero-order valence-corrected chi connectivity index (χ0v) is 17.1. The molecule has 0 aliphatic carbocycles. The number of carbonyl (C=O) groups excluding carboxylic acids is 2. The minimum Gasteiger partial charge on any atom is -0.376 e. The van der Waals surface area contributed by atoms with Gasteiger partial charge in [-0.05, 0) is 55.3 Å². The van der Waals surface area contributed by atoms with Crippen LogP contribution >= 0.6 is 0 Å². The Morgan fingerprint density at radius 2 is 1.52 bits per heavy atom. The summed E-state index contributed by atoms with van der Waals surface area (Å²) in [6.07, 6.45) is 0. The number of nitrogens with zero attached hydrogens (tertiary/aromatic N) is 1. The van der Waals surface area contributed by atoms with Crippen molar-refractivity contribution in [2.24, 2.45) is 0 Å². The number of anilines is 3. The Kier molecular flexibility index (Phi) is 6.61. The van der Waals surface area contributed by atoms with Crippen molar-refractivity contribution in [3.63, 3.8) is 0 Å². The van der Waals surface area contributed by atoms with E-state index >= 15 is 0 Å². The van der Waals surface area contributed by atoms with Crippen molar-refractivity contribution in [3.05, 3.63) is 93.5 Å². The molecule has 0 spiro atoms. The van der Waals surface area contributed by atoms with Crippen LogP contribution in [0.3, 0.4) is 0 Å². The number of para-hydroxylation sites is 2. The largest absolute Gasteiger partial charge is 0.376 e. The van der Waals surface area contributed by atoms with Gasteiger partial charge in [-0.1, -0.05) is 30.3 Å². The number of rotatable bonds is 7. The number of carbonyl (C=O) groups is 2. The van der Waals surface area contributed by atoms with Crippen LogP contribution in [0.5, 0.6) is 0 Å². The molecular weight excluding hydrogens is 396 g/mol. The third-order valence-electron chi connectivity index (χ3n) is 4.73. The first kappa shape index (κ1) is 21.5. The first-order valence-corrected chi connectivity index (χ1v) is 9.60. The molecule has 0 radical (unpaired) electrons. The summed E-state index contributed by atoms with van der Waals surface area (Å²) < 4.78 is 0. The van der Waals surface area contributed by atoms with Crippen LogP contribution in [0.1, 0.15) is 21.5 Å². The molecule has 0 unspecified atom stereocenters. The maximum Gasteiger partial charge on any atom is 0.293 e. The Morgan fingerprint density at radius 3 is 2.23 bits per heavy atom. The van der Waals surface area contributed by atoms with Gasteiger partial charge in [0.15, 0.2) is 0 Å². The highest BCUT2D eigenvalue weighted by Gasteiger charge is 2.18. The van der Waals surface area contributed by atoms with Crippen molar-refractivity contribution in [2.75, 3.05) is 22.5 Å². The molecule has 0 aromatic heterocycles. The van der Waals surface area contributed by atoms with Crippen LogP contribution in [0.2, 0.25) is 0 Å². The van der Waals surface area contributed by atoms with Crippen molar-refractivity contribution in [1.82, 2.24) is 0 Å². The summed E-state index contributed by atoms with van der Waals surface area (Å²) in [5.74, 6) is -0.788. The predicted molar refractivity (Wildman–Crippen MR) is 121 cm³/mol. The van der Waals surface area contributed by atoms with Crippen molar-refractivity contribution >= 4 is 34.6 Å². The van der Waals surface area contributed by atoms with Gasteiger partial charge in [-0.25, -0.2) is 0 Å². The molecule has 0 saturated heterocycles. The van der Waals surface area contributed by atoms with E-state index in [0.29, 0.717) is 16.9 Å². The van der Waals surface area contributed by atoms with Gasteiger partial charge in [0, 0.05) is 17.4 Å². The first-order chi connectivity index (χ1) is 14.8. The molecule has 8 heteroatoms. The minimum atomic E-state index is -0.529. The van der Waals surface area contributed by atoms with Gasteiger partial charge >= 0.3 is 0 Å². The van der Waals surface area contributed by atoms with Gasteiger partial charge in [-0.2, -0.15) is 0 Å². The maximum atomic E-state index is 12.6. The van der Waals surface area contributed by atoms with Crippen LogP contribution in [0.4, 0.5) is 22.7 Å². The van der Waals surface area contributed by atoms with Crippen LogP contribution in [0, 0.1) is 24.0 Å². The van der Waals surface area contributed by atoms with E-state index in [1.807, 2.05) is 25.1 Å². The van der Waals surface area contributed by atoms with E-state index in [1.165, 1.54) is 6.07 Å². The molecule has 3 aromatic rings. The summed E-state index contributed by atoms with van der Waals surface area (Å²) in [5.41, 5.74) is 3.06. The number of hydrogen-bond acceptors (Lipinski definition) is 5. The number of amides is 2. The Hall–Kier alpha value is -4.20. The van der Waals surface area contributed by atoms with E-state index in [0.717, 1.165) is 11.1 Å². The zero-order valence-electron chi connectivity index (χ0n) is 17.1. The Labute approximate surface area is 179 Å². The molecule has 0 fully saturated rings. The van der Waals surface area contributed by atoms with Crippen LogP contribution in [0.15, 0.2) is 66.7 Å². The fourth-order valence-electron chi connectivity index (χ4n) is 2.98. The monoisotopic (exact) mass is 418 g/mol. The second-order valence-electron chi connectivity index (χ2n) is 6.98. The Morgan fingerprint density at radius 1 is 0.871 bits per heavy atom. The van der Waals surface area contributed by atoms with Gasteiger partial charge in [0.25, 0.3) is 11.6 Å². The standard InChI is InChI=1S/C23H22N4O4/c1-15-12-20(21(27(30)31)13-16(15)2)26-22(28)14-24-19-11-7-6-10-18(19)23(29)25-17-8-4-3-5-9-17/h3-13,24H,14H2,1-2H3,(H,25,29)(H,26,28). The van der Waals surface area contributed by atoms with E-state index in [-0.39, 0.29) is 23.8 Å². The maximum absolute atomic E-state index is 12.6. The molecule has 0 aliphatic heterocycles. The zero-order chi connectivity index (χ0) is 22.4. The Bertz CT molecular complexity index is 1130. The molecule has 3 N–H and O–H groups in total. The van der Waals surface area contributed by atoms with E-state index in [4.69, 9.17) is 0 Å². The van der Waals surface area contributed by atoms with Crippen molar-refractivity contribution in [2.45, 2.75) is 13.8 Å². The number of nitro benzene ring substituents is 1. The SMILES string of the molecule is Cc1cc(NC(=O)CNc2ccccc2C(=O)Nc2ccccc2)c([N+](=O)[O-])cc1C. The van der Waals surface area contributed by atoms with Crippen LogP contribution < -0.4 is 16.0 Å². The molecular formula is C23H22N4O4. The van der Waals surface area contributed by atoms with E-state index < -0.39 is 10.8 Å². The highest BCUT2D eigenvalue weighted by Crippen LogP contribution is 2.28. The highest BCUT2D eigenvalue weighted by molar-refractivity contribution is 6.08. The topological polar surface area (TPSA) is 113 Å². The quantitative estimate of drug-likeness (QED) is 0.386. The molecule has 0 heterocycles. The van der Waals surface area contributed by atoms with Gasteiger partial charge in [0.05, 0.1) is 17.0 Å². The van der Waals surface area contributed by atoms with Crippen molar-refractivity contribution in [3.8, 4) is 0 Å². The Balaban J connectivity index is 1.70. The normalized spacial score (nSPS) is 10.3. The summed E-state index contributed by atoms with van der Waals surface area (Å²) in [6, 6.07) is 18.8. The minimum absolute atomic E-state index is 0.134. The molecule has 0 saturated carbocycles. The molecule has 0 atom stereocenters. The van der Waals surface area contributed by atoms with E-state index in [2.05, 4.69) is 16.0 Å². The lowest BCUT2D eigenvalue weighted by Crippen LogP contribution is -2.24. The summed E-state index contributed by atoms with van der Waals surface area (Å²) in [6.45, 7) is 3.42.